The summed E-state index contributed by atoms with van der Waals surface area (Å²) in [5.41, 5.74) is 1.71. The second-order valence-corrected chi connectivity index (χ2v) is 6.02. The van der Waals surface area contributed by atoms with E-state index in [2.05, 4.69) is 5.10 Å². The first-order valence-electron chi connectivity index (χ1n) is 8.02. The topological polar surface area (TPSA) is 47.4 Å². The first-order chi connectivity index (χ1) is 11.3. The molecule has 1 aromatic heterocycles. The van der Waals surface area contributed by atoms with Gasteiger partial charge in [0.2, 0.25) is 0 Å². The minimum Gasteiger partial charge on any atom is -0.488 e. The minimum atomic E-state index is 0.0918. The molecule has 1 saturated heterocycles. The lowest BCUT2D eigenvalue weighted by Crippen LogP contribution is -2.40. The van der Waals surface area contributed by atoms with Crippen molar-refractivity contribution in [2.45, 2.75) is 25.4 Å². The SMILES string of the molecule is O=C(C1=Cc2ccccc2OC1)N1CCCC1Cn1cccn1. The lowest BCUT2D eigenvalue weighted by atomic mass is 10.1. The molecule has 3 heterocycles. The van der Waals surface area contributed by atoms with E-state index in [9.17, 15) is 4.79 Å². The number of hydrogen-bond donors (Lipinski definition) is 0. The third-order valence-electron chi connectivity index (χ3n) is 4.50. The molecule has 0 N–H and O–H groups in total. The number of rotatable bonds is 3. The average molecular weight is 309 g/mol. The Kier molecular flexibility index (Phi) is 3.61. The Balaban J connectivity index is 1.53. The third kappa shape index (κ3) is 2.74. The molecule has 0 radical (unpaired) electrons. The Morgan fingerprint density at radius 3 is 3.09 bits per heavy atom. The number of carbonyl (C=O) groups is 1. The van der Waals surface area contributed by atoms with Crippen LogP contribution in [0.4, 0.5) is 0 Å². The van der Waals surface area contributed by atoms with Gasteiger partial charge in [-0.3, -0.25) is 9.48 Å². The van der Waals surface area contributed by atoms with Gasteiger partial charge in [-0.05, 0) is 31.1 Å². The molecule has 1 fully saturated rings. The summed E-state index contributed by atoms with van der Waals surface area (Å²) in [4.78, 5) is 14.9. The quantitative estimate of drug-likeness (QED) is 0.874. The minimum absolute atomic E-state index is 0.0918. The van der Waals surface area contributed by atoms with Gasteiger partial charge in [0.25, 0.3) is 5.91 Å². The van der Waals surface area contributed by atoms with Gasteiger partial charge in [0, 0.05) is 24.5 Å². The highest BCUT2D eigenvalue weighted by Gasteiger charge is 2.31. The van der Waals surface area contributed by atoms with Gasteiger partial charge in [-0.1, -0.05) is 18.2 Å². The average Bonchev–Trinajstić information content (AvgIpc) is 3.26. The molecule has 23 heavy (non-hydrogen) atoms. The van der Waals surface area contributed by atoms with Crippen LogP contribution in [-0.4, -0.2) is 39.8 Å². The van der Waals surface area contributed by atoms with Crippen molar-refractivity contribution in [2.75, 3.05) is 13.2 Å². The van der Waals surface area contributed by atoms with E-state index in [1.54, 1.807) is 6.20 Å². The van der Waals surface area contributed by atoms with Gasteiger partial charge in [-0.15, -0.1) is 0 Å². The molecular weight excluding hydrogens is 290 g/mol. The molecule has 0 saturated carbocycles. The Hall–Kier alpha value is -2.56. The first-order valence-corrected chi connectivity index (χ1v) is 8.02. The molecule has 2 aromatic rings. The summed E-state index contributed by atoms with van der Waals surface area (Å²) < 4.78 is 7.62. The molecule has 0 spiro atoms. The Morgan fingerprint density at radius 2 is 2.22 bits per heavy atom. The first kappa shape index (κ1) is 14.1. The number of fused-ring (bicyclic) bond motifs is 1. The second kappa shape index (κ2) is 5.91. The summed E-state index contributed by atoms with van der Waals surface area (Å²) in [7, 11) is 0. The number of hydrogen-bond acceptors (Lipinski definition) is 3. The number of aromatic nitrogens is 2. The van der Waals surface area contributed by atoms with Crippen molar-refractivity contribution in [1.29, 1.82) is 0 Å². The number of para-hydroxylation sites is 1. The maximum Gasteiger partial charge on any atom is 0.253 e. The van der Waals surface area contributed by atoms with Gasteiger partial charge in [-0.25, -0.2) is 0 Å². The van der Waals surface area contributed by atoms with E-state index in [0.717, 1.165) is 42.8 Å². The monoisotopic (exact) mass is 309 g/mol. The zero-order valence-electron chi connectivity index (χ0n) is 12.9. The predicted octanol–water partition coefficient (Wildman–Crippen LogP) is 2.35. The summed E-state index contributed by atoms with van der Waals surface area (Å²) >= 11 is 0. The maximum atomic E-state index is 12.9. The van der Waals surface area contributed by atoms with E-state index in [1.165, 1.54) is 0 Å². The molecule has 0 aliphatic carbocycles. The van der Waals surface area contributed by atoms with Crippen LogP contribution in [-0.2, 0) is 11.3 Å². The van der Waals surface area contributed by atoms with Crippen LogP contribution in [0.3, 0.4) is 0 Å². The normalized spacial score (nSPS) is 19.9. The highest BCUT2D eigenvalue weighted by molar-refractivity contribution is 5.99. The molecule has 1 unspecified atom stereocenters. The number of amides is 1. The largest absolute Gasteiger partial charge is 0.488 e. The molecule has 1 amide bonds. The van der Waals surface area contributed by atoms with E-state index < -0.39 is 0 Å². The fourth-order valence-electron chi connectivity index (χ4n) is 3.34. The number of ether oxygens (including phenoxy) is 1. The van der Waals surface area contributed by atoms with Gasteiger partial charge in [0.1, 0.15) is 12.4 Å². The van der Waals surface area contributed by atoms with Crippen molar-refractivity contribution in [2.24, 2.45) is 0 Å². The van der Waals surface area contributed by atoms with Crippen LogP contribution < -0.4 is 4.74 Å². The number of carbonyl (C=O) groups excluding carboxylic acids is 1. The van der Waals surface area contributed by atoms with Gasteiger partial charge < -0.3 is 9.64 Å². The summed E-state index contributed by atoms with van der Waals surface area (Å²) in [6.45, 7) is 1.91. The summed E-state index contributed by atoms with van der Waals surface area (Å²) in [5, 5.41) is 4.26. The van der Waals surface area contributed by atoms with Gasteiger partial charge in [0.15, 0.2) is 0 Å². The maximum absolute atomic E-state index is 12.9. The molecule has 2 aliphatic rings. The second-order valence-electron chi connectivity index (χ2n) is 6.02. The highest BCUT2D eigenvalue weighted by atomic mass is 16.5. The van der Waals surface area contributed by atoms with E-state index in [1.807, 2.05) is 52.2 Å². The fourth-order valence-corrected chi connectivity index (χ4v) is 3.34. The highest BCUT2D eigenvalue weighted by Crippen LogP contribution is 2.28. The van der Waals surface area contributed by atoms with E-state index in [4.69, 9.17) is 4.74 Å². The Labute approximate surface area is 135 Å². The smallest absolute Gasteiger partial charge is 0.253 e. The molecule has 1 aromatic carbocycles. The Morgan fingerprint density at radius 1 is 1.30 bits per heavy atom. The lowest BCUT2D eigenvalue weighted by Gasteiger charge is -2.27. The molecule has 1 atom stereocenters. The van der Waals surface area contributed by atoms with E-state index in [-0.39, 0.29) is 11.9 Å². The molecule has 4 rings (SSSR count). The van der Waals surface area contributed by atoms with Crippen LogP contribution in [0.15, 0.2) is 48.3 Å². The summed E-state index contributed by atoms with van der Waals surface area (Å²) in [6, 6.07) is 9.94. The number of likely N-dealkylation sites (tertiary alicyclic amines) is 1. The number of nitrogens with zero attached hydrogens (tertiary/aromatic N) is 3. The van der Waals surface area contributed by atoms with Crippen molar-refractivity contribution >= 4 is 12.0 Å². The van der Waals surface area contributed by atoms with Crippen molar-refractivity contribution in [3.8, 4) is 5.75 Å². The van der Waals surface area contributed by atoms with Crippen LogP contribution in [0.5, 0.6) is 5.75 Å². The lowest BCUT2D eigenvalue weighted by molar-refractivity contribution is -0.128. The molecule has 5 heteroatoms. The molecule has 0 bridgehead atoms. The zero-order valence-corrected chi connectivity index (χ0v) is 12.9. The van der Waals surface area contributed by atoms with Gasteiger partial charge >= 0.3 is 0 Å². The van der Waals surface area contributed by atoms with E-state index in [0.29, 0.717) is 6.61 Å². The summed E-state index contributed by atoms with van der Waals surface area (Å²) in [6.07, 6.45) is 7.75. The van der Waals surface area contributed by atoms with Crippen LogP contribution in [0, 0.1) is 0 Å². The van der Waals surface area contributed by atoms with Crippen molar-refractivity contribution < 1.29 is 9.53 Å². The number of benzene rings is 1. The van der Waals surface area contributed by atoms with Gasteiger partial charge in [0.05, 0.1) is 18.2 Å². The molecule has 5 nitrogen and oxygen atoms in total. The Bertz CT molecular complexity index is 736. The fraction of sp³-hybridized carbons (Fsp3) is 0.333. The zero-order chi connectivity index (χ0) is 15.6. The standard InChI is InChI=1S/C18H19N3O2/c22-18(15-11-14-5-1-2-7-17(14)23-13-15)21-10-3-6-16(21)12-20-9-4-8-19-20/h1-2,4-5,7-9,11,16H,3,6,10,12-13H2. The van der Waals surface area contributed by atoms with Crippen LogP contribution in [0.2, 0.25) is 0 Å². The van der Waals surface area contributed by atoms with Crippen molar-refractivity contribution in [1.82, 2.24) is 14.7 Å². The van der Waals surface area contributed by atoms with Crippen molar-refractivity contribution in [3.63, 3.8) is 0 Å². The van der Waals surface area contributed by atoms with Crippen LogP contribution in [0.1, 0.15) is 18.4 Å². The molecular formula is C18H19N3O2. The third-order valence-corrected chi connectivity index (χ3v) is 4.50. The molecule has 2 aliphatic heterocycles. The summed E-state index contributed by atoms with van der Waals surface area (Å²) in [5.74, 6) is 0.938. The van der Waals surface area contributed by atoms with Gasteiger partial charge in [-0.2, -0.15) is 5.10 Å². The molecule has 118 valence electrons. The van der Waals surface area contributed by atoms with E-state index >= 15 is 0 Å². The predicted molar refractivity (Wildman–Crippen MR) is 86.9 cm³/mol. The van der Waals surface area contributed by atoms with Crippen molar-refractivity contribution in [3.05, 3.63) is 53.9 Å². The van der Waals surface area contributed by atoms with Crippen LogP contribution >= 0.6 is 0 Å². The van der Waals surface area contributed by atoms with Crippen LogP contribution in [0.25, 0.3) is 6.08 Å².